The molecule has 3 rings (SSSR count). The lowest BCUT2D eigenvalue weighted by Gasteiger charge is -2.14. The minimum Gasteiger partial charge on any atom is -0.550 e. The van der Waals surface area contributed by atoms with Crippen LogP contribution in [0.2, 0.25) is 0 Å². The summed E-state index contributed by atoms with van der Waals surface area (Å²) in [7, 11) is 1.55. The van der Waals surface area contributed by atoms with Crippen LogP contribution in [0.25, 0.3) is 6.08 Å². The normalized spacial score (nSPS) is 15.1. The van der Waals surface area contributed by atoms with E-state index >= 15 is 0 Å². The largest absolute Gasteiger partial charge is 0.550 e. The number of carbonyl (C=O) groups excluding carboxylic acids is 2. The van der Waals surface area contributed by atoms with Crippen LogP contribution in [0.3, 0.4) is 0 Å². The summed E-state index contributed by atoms with van der Waals surface area (Å²) in [4.78, 5) is 24.8. The van der Waals surface area contributed by atoms with Crippen LogP contribution in [0.15, 0.2) is 53.4 Å². The van der Waals surface area contributed by atoms with Gasteiger partial charge in [-0.2, -0.15) is 0 Å². The van der Waals surface area contributed by atoms with Gasteiger partial charge >= 0.3 is 0 Å². The van der Waals surface area contributed by atoms with Crippen molar-refractivity contribution in [2.24, 2.45) is 0 Å². The molecule has 1 amide bonds. The Balaban J connectivity index is 1.73. The van der Waals surface area contributed by atoms with E-state index in [2.05, 4.69) is 0 Å². The third kappa shape index (κ3) is 5.36. The number of thioether (sulfide) groups is 1. The lowest BCUT2D eigenvalue weighted by Crippen LogP contribution is -2.33. The average molecular weight is 429 g/mol. The van der Waals surface area contributed by atoms with Gasteiger partial charge in [-0.05, 0) is 29.3 Å². The average Bonchev–Trinajstić information content (AvgIpc) is 2.98. The Kier molecular flexibility index (Phi) is 6.90. The van der Waals surface area contributed by atoms with Crippen molar-refractivity contribution in [1.29, 1.82) is 0 Å². The van der Waals surface area contributed by atoms with Gasteiger partial charge in [-0.25, -0.2) is 0 Å². The van der Waals surface area contributed by atoms with Crippen LogP contribution >= 0.6 is 24.0 Å². The number of rotatable bonds is 8. The summed E-state index contributed by atoms with van der Waals surface area (Å²) in [6, 6.07) is 15.2. The van der Waals surface area contributed by atoms with E-state index in [9.17, 15) is 14.7 Å². The van der Waals surface area contributed by atoms with Crippen LogP contribution < -0.4 is 14.6 Å². The molecule has 2 aromatic rings. The number of thiocarbonyl (C=S) groups is 1. The third-order valence-corrected chi connectivity index (χ3v) is 5.51. The summed E-state index contributed by atoms with van der Waals surface area (Å²) in [5.74, 6) is -0.402. The number of nitrogens with zero attached hydrogens (tertiary/aromatic N) is 1. The van der Waals surface area contributed by atoms with E-state index in [-0.39, 0.29) is 18.9 Å². The van der Waals surface area contributed by atoms with Crippen LogP contribution in [0.4, 0.5) is 0 Å². The van der Waals surface area contributed by atoms with Gasteiger partial charge < -0.3 is 19.4 Å². The predicted molar refractivity (Wildman–Crippen MR) is 113 cm³/mol. The van der Waals surface area contributed by atoms with Crippen LogP contribution in [-0.2, 0) is 16.2 Å². The van der Waals surface area contributed by atoms with Crippen molar-refractivity contribution in [3.8, 4) is 11.5 Å². The van der Waals surface area contributed by atoms with Crippen molar-refractivity contribution in [1.82, 2.24) is 4.90 Å². The minimum atomic E-state index is -1.22. The van der Waals surface area contributed by atoms with Crippen LogP contribution in [0, 0.1) is 0 Å². The molecule has 1 heterocycles. The molecule has 2 aromatic carbocycles. The molecule has 0 bridgehead atoms. The Labute approximate surface area is 178 Å². The van der Waals surface area contributed by atoms with Gasteiger partial charge in [0.25, 0.3) is 5.91 Å². The maximum atomic E-state index is 12.5. The van der Waals surface area contributed by atoms with Crippen LogP contribution in [0.5, 0.6) is 11.5 Å². The van der Waals surface area contributed by atoms with Crippen molar-refractivity contribution < 1.29 is 24.2 Å². The van der Waals surface area contributed by atoms with E-state index in [1.165, 1.54) is 4.90 Å². The number of methoxy groups -OCH3 is 1. The molecule has 0 atom stereocenters. The van der Waals surface area contributed by atoms with E-state index in [1.807, 2.05) is 36.4 Å². The fourth-order valence-electron chi connectivity index (χ4n) is 2.68. The first-order valence-electron chi connectivity index (χ1n) is 8.78. The topological polar surface area (TPSA) is 78.9 Å². The molecule has 0 saturated carbocycles. The zero-order valence-electron chi connectivity index (χ0n) is 15.6. The molecule has 8 heteroatoms. The molecule has 1 fully saturated rings. The number of carboxylic acids is 1. The third-order valence-electron chi connectivity index (χ3n) is 4.14. The number of hydrogen-bond acceptors (Lipinski definition) is 7. The second kappa shape index (κ2) is 9.58. The van der Waals surface area contributed by atoms with Crippen molar-refractivity contribution >= 4 is 46.3 Å². The van der Waals surface area contributed by atoms with E-state index < -0.39 is 5.97 Å². The highest BCUT2D eigenvalue weighted by atomic mass is 32.2. The van der Waals surface area contributed by atoms with E-state index in [1.54, 1.807) is 25.3 Å². The molecule has 1 aliphatic heterocycles. The summed E-state index contributed by atoms with van der Waals surface area (Å²) in [5, 5.41) is 10.6. The second-order valence-corrected chi connectivity index (χ2v) is 7.82. The lowest BCUT2D eigenvalue weighted by molar-refractivity contribution is -0.305. The number of hydrogen-bond donors (Lipinski definition) is 0. The number of carboxylic acid groups (broad SMARTS) is 1. The minimum absolute atomic E-state index is 0.0000745. The Bertz CT molecular complexity index is 959. The molecule has 0 aliphatic carbocycles. The van der Waals surface area contributed by atoms with E-state index in [4.69, 9.17) is 21.7 Å². The molecular formula is C21H18NO5S2-. The first-order chi connectivity index (χ1) is 14.0. The molecule has 150 valence electrons. The Morgan fingerprint density at radius 1 is 1.21 bits per heavy atom. The first-order valence-corrected chi connectivity index (χ1v) is 10.0. The van der Waals surface area contributed by atoms with Gasteiger partial charge in [0.15, 0.2) is 11.5 Å². The van der Waals surface area contributed by atoms with Gasteiger partial charge in [0, 0.05) is 18.9 Å². The van der Waals surface area contributed by atoms with Gasteiger partial charge in [0.05, 0.1) is 12.0 Å². The van der Waals surface area contributed by atoms with E-state index in [0.717, 1.165) is 22.9 Å². The Hall–Kier alpha value is -2.84. The van der Waals surface area contributed by atoms with Gasteiger partial charge in [-0.3, -0.25) is 9.69 Å². The summed E-state index contributed by atoms with van der Waals surface area (Å²) in [6.07, 6.45) is 1.43. The van der Waals surface area contributed by atoms with Crippen molar-refractivity contribution in [2.75, 3.05) is 13.7 Å². The number of aliphatic carboxylic acids is 1. The van der Waals surface area contributed by atoms with Gasteiger partial charge in [-0.15, -0.1) is 0 Å². The molecule has 1 saturated heterocycles. The summed E-state index contributed by atoms with van der Waals surface area (Å²) in [6.45, 7) is 0.410. The molecule has 0 radical (unpaired) electrons. The van der Waals surface area contributed by atoms with Crippen LogP contribution in [0.1, 0.15) is 17.5 Å². The maximum Gasteiger partial charge on any atom is 0.266 e. The summed E-state index contributed by atoms with van der Waals surface area (Å²) >= 11 is 6.32. The van der Waals surface area contributed by atoms with Crippen LogP contribution in [-0.4, -0.2) is 34.8 Å². The number of carbonyl (C=O) groups is 2. The highest BCUT2D eigenvalue weighted by Crippen LogP contribution is 2.35. The SMILES string of the molecule is COc1cc(C=C2SC(=S)N(CCC(=O)[O-])C2=O)ccc1OCc1ccccc1. The zero-order valence-corrected chi connectivity index (χ0v) is 17.3. The highest BCUT2D eigenvalue weighted by Gasteiger charge is 2.31. The summed E-state index contributed by atoms with van der Waals surface area (Å²) in [5.41, 5.74) is 1.79. The van der Waals surface area contributed by atoms with Gasteiger partial charge in [0.2, 0.25) is 0 Å². The Morgan fingerprint density at radius 2 is 1.97 bits per heavy atom. The predicted octanol–water partition coefficient (Wildman–Crippen LogP) is 2.62. The van der Waals surface area contributed by atoms with Crippen molar-refractivity contribution in [3.05, 3.63) is 64.6 Å². The molecule has 0 aromatic heterocycles. The molecule has 1 aliphatic rings. The molecular weight excluding hydrogens is 410 g/mol. The maximum absolute atomic E-state index is 12.5. The smallest absolute Gasteiger partial charge is 0.266 e. The fraction of sp³-hybridized carbons (Fsp3) is 0.190. The molecule has 6 nitrogen and oxygen atoms in total. The van der Waals surface area contributed by atoms with Gasteiger partial charge in [-0.1, -0.05) is 60.4 Å². The zero-order chi connectivity index (χ0) is 20.8. The van der Waals surface area contributed by atoms with Crippen molar-refractivity contribution in [2.45, 2.75) is 13.0 Å². The first kappa shape index (κ1) is 20.9. The monoisotopic (exact) mass is 428 g/mol. The lowest BCUT2D eigenvalue weighted by atomic mass is 10.1. The number of ether oxygens (including phenoxy) is 2. The Morgan fingerprint density at radius 3 is 2.66 bits per heavy atom. The standard InChI is InChI=1S/C21H19NO5S2/c1-26-17-11-15(7-8-16(17)27-13-14-5-3-2-4-6-14)12-18-20(25)22(21(28)29-18)10-9-19(23)24/h2-8,11-12H,9-10,13H2,1H3,(H,23,24)/p-1. The quantitative estimate of drug-likeness (QED) is 0.472. The van der Waals surface area contributed by atoms with E-state index in [0.29, 0.717) is 27.3 Å². The molecule has 0 unspecified atom stereocenters. The molecule has 0 spiro atoms. The number of benzene rings is 2. The highest BCUT2D eigenvalue weighted by molar-refractivity contribution is 8.26. The fourth-order valence-corrected chi connectivity index (χ4v) is 3.98. The van der Waals surface area contributed by atoms with Crippen molar-refractivity contribution in [3.63, 3.8) is 0 Å². The molecule has 0 N–H and O–H groups in total. The number of amides is 1. The second-order valence-electron chi connectivity index (χ2n) is 6.14. The molecule has 29 heavy (non-hydrogen) atoms. The van der Waals surface area contributed by atoms with Gasteiger partial charge in [0.1, 0.15) is 10.9 Å². The summed E-state index contributed by atoms with van der Waals surface area (Å²) < 4.78 is 11.6.